The van der Waals surface area contributed by atoms with Gasteiger partial charge >= 0.3 is 0 Å². The molecule has 0 radical (unpaired) electrons. The van der Waals surface area contributed by atoms with E-state index < -0.39 is 5.54 Å². The molecule has 3 rings (SSSR count). The van der Waals surface area contributed by atoms with E-state index in [0.717, 1.165) is 12.8 Å². The standard InChI is InChI=1S/C22H34N2O2.ClH/c1-5-26-18-14-22(23,20(18,3)4)19(25)24-15-21(11-6-7-12-21)17-10-8-9-16(2)13-17;/h8-10,13,18H,5-7,11-12,14-15,23H2,1-4H3,(H,24,25);1H. The molecule has 0 aromatic heterocycles. The molecule has 0 spiro atoms. The Balaban J connectivity index is 0.00000261. The maximum absolute atomic E-state index is 13.0. The van der Waals surface area contributed by atoms with Crippen molar-refractivity contribution in [1.82, 2.24) is 5.32 Å². The summed E-state index contributed by atoms with van der Waals surface area (Å²) in [6, 6.07) is 8.73. The SMILES string of the molecule is CCOC1CC(N)(C(=O)NCC2(c3cccc(C)c3)CCCC2)C1(C)C.Cl. The van der Waals surface area contributed by atoms with Crippen LogP contribution in [-0.4, -0.2) is 30.7 Å². The lowest BCUT2D eigenvalue weighted by Crippen LogP contribution is -2.76. The Morgan fingerprint density at radius 1 is 1.30 bits per heavy atom. The maximum atomic E-state index is 13.0. The zero-order chi connectivity index (χ0) is 19.0. The third-order valence-corrected chi connectivity index (χ3v) is 7.01. The van der Waals surface area contributed by atoms with Gasteiger partial charge in [-0.05, 0) is 32.3 Å². The quantitative estimate of drug-likeness (QED) is 0.769. The lowest BCUT2D eigenvalue weighted by atomic mass is 9.54. The summed E-state index contributed by atoms with van der Waals surface area (Å²) < 4.78 is 5.76. The monoisotopic (exact) mass is 394 g/mol. The van der Waals surface area contributed by atoms with Gasteiger partial charge in [0.15, 0.2) is 0 Å². The van der Waals surface area contributed by atoms with Crippen molar-refractivity contribution in [3.8, 4) is 0 Å². The number of amides is 1. The molecule has 0 saturated heterocycles. The number of carbonyl (C=O) groups is 1. The van der Waals surface area contributed by atoms with Crippen molar-refractivity contribution in [1.29, 1.82) is 0 Å². The van der Waals surface area contributed by atoms with Crippen molar-refractivity contribution < 1.29 is 9.53 Å². The smallest absolute Gasteiger partial charge is 0.240 e. The molecule has 1 aromatic rings. The van der Waals surface area contributed by atoms with Crippen molar-refractivity contribution in [3.63, 3.8) is 0 Å². The Morgan fingerprint density at radius 3 is 2.52 bits per heavy atom. The molecule has 2 fully saturated rings. The number of aryl methyl sites for hydroxylation is 1. The van der Waals surface area contributed by atoms with Crippen LogP contribution < -0.4 is 11.1 Å². The number of nitrogens with one attached hydrogen (secondary N) is 1. The van der Waals surface area contributed by atoms with Crippen LogP contribution in [0.15, 0.2) is 24.3 Å². The molecule has 27 heavy (non-hydrogen) atoms. The molecule has 0 heterocycles. The molecule has 2 aliphatic carbocycles. The van der Waals surface area contributed by atoms with Crippen LogP contribution >= 0.6 is 12.4 Å². The summed E-state index contributed by atoms with van der Waals surface area (Å²) >= 11 is 0. The van der Waals surface area contributed by atoms with E-state index in [9.17, 15) is 4.79 Å². The molecule has 1 aromatic carbocycles. The Bertz CT molecular complexity index is 670. The normalized spacial score (nSPS) is 28.1. The van der Waals surface area contributed by atoms with E-state index in [4.69, 9.17) is 10.5 Å². The van der Waals surface area contributed by atoms with Gasteiger partial charge in [0.1, 0.15) is 5.54 Å². The second-order valence-corrected chi connectivity index (χ2v) is 8.88. The fraction of sp³-hybridized carbons (Fsp3) is 0.682. The van der Waals surface area contributed by atoms with Crippen molar-refractivity contribution in [2.75, 3.05) is 13.2 Å². The third-order valence-electron chi connectivity index (χ3n) is 7.01. The van der Waals surface area contributed by atoms with Crippen LogP contribution in [0.3, 0.4) is 0 Å². The number of benzene rings is 1. The van der Waals surface area contributed by atoms with Gasteiger partial charge in [0.25, 0.3) is 0 Å². The van der Waals surface area contributed by atoms with Gasteiger partial charge in [-0.25, -0.2) is 0 Å². The second-order valence-electron chi connectivity index (χ2n) is 8.88. The molecule has 4 nitrogen and oxygen atoms in total. The average molecular weight is 395 g/mol. The van der Waals surface area contributed by atoms with E-state index >= 15 is 0 Å². The molecule has 152 valence electrons. The summed E-state index contributed by atoms with van der Waals surface area (Å²) in [7, 11) is 0. The van der Waals surface area contributed by atoms with Gasteiger partial charge in [-0.3, -0.25) is 4.79 Å². The van der Waals surface area contributed by atoms with Crippen LogP contribution in [0.1, 0.15) is 64.0 Å². The molecule has 2 saturated carbocycles. The van der Waals surface area contributed by atoms with E-state index in [-0.39, 0.29) is 35.2 Å². The Labute approximate surface area is 170 Å². The minimum atomic E-state index is -0.848. The highest BCUT2D eigenvalue weighted by atomic mass is 35.5. The van der Waals surface area contributed by atoms with Crippen LogP contribution in [-0.2, 0) is 14.9 Å². The number of ether oxygens (including phenoxy) is 1. The van der Waals surface area contributed by atoms with Crippen molar-refractivity contribution in [3.05, 3.63) is 35.4 Å². The van der Waals surface area contributed by atoms with Gasteiger partial charge in [0.2, 0.25) is 5.91 Å². The highest BCUT2D eigenvalue weighted by Gasteiger charge is 2.63. The lowest BCUT2D eigenvalue weighted by molar-refractivity contribution is -0.170. The number of hydrogen-bond donors (Lipinski definition) is 2. The van der Waals surface area contributed by atoms with Crippen LogP contribution in [0.25, 0.3) is 0 Å². The molecule has 2 aliphatic rings. The van der Waals surface area contributed by atoms with E-state index in [2.05, 4.69) is 36.5 Å². The van der Waals surface area contributed by atoms with Crippen molar-refractivity contribution in [2.24, 2.45) is 11.1 Å². The molecule has 5 heteroatoms. The van der Waals surface area contributed by atoms with Crippen LogP contribution in [0, 0.1) is 12.3 Å². The molecule has 0 aliphatic heterocycles. The summed E-state index contributed by atoms with van der Waals surface area (Å²) in [6.45, 7) is 9.53. The largest absolute Gasteiger partial charge is 0.378 e. The van der Waals surface area contributed by atoms with Gasteiger partial charge in [0, 0.05) is 30.4 Å². The van der Waals surface area contributed by atoms with Crippen molar-refractivity contribution in [2.45, 2.75) is 76.9 Å². The minimum Gasteiger partial charge on any atom is -0.378 e. The lowest BCUT2D eigenvalue weighted by Gasteiger charge is -2.57. The van der Waals surface area contributed by atoms with Crippen molar-refractivity contribution >= 4 is 18.3 Å². The van der Waals surface area contributed by atoms with Gasteiger partial charge in [-0.1, -0.05) is 56.5 Å². The Hall–Kier alpha value is -1.10. The van der Waals surface area contributed by atoms with E-state index in [1.54, 1.807) is 0 Å². The topological polar surface area (TPSA) is 64.3 Å². The first-order valence-electron chi connectivity index (χ1n) is 10.0. The predicted molar refractivity (Wildman–Crippen MR) is 112 cm³/mol. The predicted octanol–water partition coefficient (Wildman–Crippen LogP) is 3.88. The van der Waals surface area contributed by atoms with Gasteiger partial charge in [-0.2, -0.15) is 0 Å². The van der Waals surface area contributed by atoms with E-state index in [0.29, 0.717) is 19.6 Å². The fourth-order valence-corrected chi connectivity index (χ4v) is 4.82. The third kappa shape index (κ3) is 3.76. The van der Waals surface area contributed by atoms with E-state index in [1.807, 2.05) is 20.8 Å². The first-order chi connectivity index (χ1) is 12.2. The first kappa shape index (κ1) is 22.2. The number of nitrogens with two attached hydrogens (primary N) is 1. The molecule has 2 unspecified atom stereocenters. The number of rotatable bonds is 6. The average Bonchev–Trinajstić information content (AvgIpc) is 3.09. The zero-order valence-electron chi connectivity index (χ0n) is 17.1. The molecule has 2 atom stereocenters. The number of hydrogen-bond acceptors (Lipinski definition) is 3. The molecule has 3 N–H and O–H groups in total. The summed E-state index contributed by atoms with van der Waals surface area (Å²) in [5.41, 5.74) is 8.02. The first-order valence-corrected chi connectivity index (χ1v) is 10.0. The minimum absolute atomic E-state index is 0. The summed E-state index contributed by atoms with van der Waals surface area (Å²) in [6.07, 6.45) is 5.33. The van der Waals surface area contributed by atoms with Gasteiger partial charge in [-0.15, -0.1) is 12.4 Å². The molecular weight excluding hydrogens is 360 g/mol. The highest BCUT2D eigenvalue weighted by Crippen LogP contribution is 2.50. The van der Waals surface area contributed by atoms with Crippen LogP contribution in [0.5, 0.6) is 0 Å². The molecule has 1 amide bonds. The number of carbonyl (C=O) groups excluding carboxylic acids is 1. The van der Waals surface area contributed by atoms with Crippen LogP contribution in [0.4, 0.5) is 0 Å². The molecular formula is C22H35ClN2O2. The highest BCUT2D eigenvalue weighted by molar-refractivity contribution is 5.89. The van der Waals surface area contributed by atoms with Gasteiger partial charge < -0.3 is 15.8 Å². The Kier molecular flexibility index (Phi) is 6.66. The summed E-state index contributed by atoms with van der Waals surface area (Å²) in [5.74, 6) is -0.0302. The fourth-order valence-electron chi connectivity index (χ4n) is 4.82. The maximum Gasteiger partial charge on any atom is 0.240 e. The van der Waals surface area contributed by atoms with E-state index in [1.165, 1.54) is 24.0 Å². The Morgan fingerprint density at radius 2 is 1.96 bits per heavy atom. The van der Waals surface area contributed by atoms with Crippen LogP contribution in [0.2, 0.25) is 0 Å². The number of halogens is 1. The summed E-state index contributed by atoms with van der Waals surface area (Å²) in [4.78, 5) is 13.0. The zero-order valence-corrected chi connectivity index (χ0v) is 18.0. The summed E-state index contributed by atoms with van der Waals surface area (Å²) in [5, 5.41) is 3.22. The molecule has 0 bridgehead atoms. The van der Waals surface area contributed by atoms with Gasteiger partial charge in [0.05, 0.1) is 6.10 Å². The second kappa shape index (κ2) is 8.10.